The van der Waals surface area contributed by atoms with Crippen LogP contribution in [-0.2, 0) is 6.54 Å². The van der Waals surface area contributed by atoms with Crippen LogP contribution in [-0.4, -0.2) is 22.6 Å². The summed E-state index contributed by atoms with van der Waals surface area (Å²) in [6.45, 7) is 6.21. The first-order chi connectivity index (χ1) is 10.1. The van der Waals surface area contributed by atoms with Crippen molar-refractivity contribution in [2.24, 2.45) is 0 Å². The van der Waals surface area contributed by atoms with Crippen molar-refractivity contribution in [2.45, 2.75) is 39.0 Å². The molecule has 1 atom stereocenters. The summed E-state index contributed by atoms with van der Waals surface area (Å²) in [5.74, 6) is 0. The maximum Gasteiger partial charge on any atom is 0.0802 e. The van der Waals surface area contributed by atoms with E-state index in [1.165, 1.54) is 4.88 Å². The number of nitrogens with zero attached hydrogens (tertiary/aromatic N) is 1. The summed E-state index contributed by atoms with van der Waals surface area (Å²) in [5.41, 5.74) is 0.930. The summed E-state index contributed by atoms with van der Waals surface area (Å²) >= 11 is 7.66. The van der Waals surface area contributed by atoms with Crippen molar-refractivity contribution in [3.05, 3.63) is 57.2 Å². The Hall–Kier alpha value is -0.870. The number of thiophene rings is 1. The molecule has 0 saturated carbocycles. The number of benzene rings is 1. The summed E-state index contributed by atoms with van der Waals surface area (Å²) in [4.78, 5) is 3.76. The Morgan fingerprint density at radius 3 is 2.48 bits per heavy atom. The Bertz CT molecular complexity index is 524. The number of hydrogen-bond donors (Lipinski definition) is 1. The van der Waals surface area contributed by atoms with E-state index in [9.17, 15) is 5.11 Å². The normalized spacial score (nSPS) is 13.0. The second-order valence-corrected chi connectivity index (χ2v) is 6.97. The molecule has 0 spiro atoms. The zero-order valence-electron chi connectivity index (χ0n) is 12.5. The van der Waals surface area contributed by atoms with Gasteiger partial charge in [0.05, 0.1) is 6.10 Å². The second kappa shape index (κ2) is 7.95. The fraction of sp³-hybridized carbons (Fsp3) is 0.412. The monoisotopic (exact) mass is 323 g/mol. The molecule has 1 aromatic heterocycles. The molecule has 0 aliphatic carbocycles. The molecule has 0 radical (unpaired) electrons. The van der Waals surface area contributed by atoms with Crippen molar-refractivity contribution in [3.8, 4) is 0 Å². The van der Waals surface area contributed by atoms with Crippen LogP contribution in [0.3, 0.4) is 0 Å². The lowest BCUT2D eigenvalue weighted by atomic mass is 10.1. The Balaban J connectivity index is 1.90. The van der Waals surface area contributed by atoms with Gasteiger partial charge in [0.25, 0.3) is 0 Å². The molecular weight excluding hydrogens is 302 g/mol. The largest absolute Gasteiger partial charge is 0.388 e. The molecule has 0 aliphatic rings. The van der Waals surface area contributed by atoms with Crippen molar-refractivity contribution < 1.29 is 5.11 Å². The van der Waals surface area contributed by atoms with Crippen LogP contribution in [0.5, 0.6) is 0 Å². The minimum Gasteiger partial charge on any atom is -0.388 e. The first kappa shape index (κ1) is 16.5. The quantitative estimate of drug-likeness (QED) is 0.795. The van der Waals surface area contributed by atoms with Gasteiger partial charge in [-0.2, -0.15) is 0 Å². The van der Waals surface area contributed by atoms with Gasteiger partial charge >= 0.3 is 0 Å². The Morgan fingerprint density at radius 2 is 1.90 bits per heavy atom. The van der Waals surface area contributed by atoms with Gasteiger partial charge in [-0.25, -0.2) is 0 Å². The molecule has 1 aromatic carbocycles. The summed E-state index contributed by atoms with van der Waals surface area (Å²) in [5, 5.41) is 13.1. The lowest BCUT2D eigenvalue weighted by molar-refractivity contribution is 0.127. The highest BCUT2D eigenvalue weighted by Gasteiger charge is 2.14. The van der Waals surface area contributed by atoms with Gasteiger partial charge in [-0.15, -0.1) is 11.3 Å². The van der Waals surface area contributed by atoms with Crippen LogP contribution in [0.4, 0.5) is 0 Å². The first-order valence-corrected chi connectivity index (χ1v) is 8.52. The Kier molecular flexibility index (Phi) is 6.24. The minimum atomic E-state index is -0.438. The molecule has 2 aromatic rings. The van der Waals surface area contributed by atoms with E-state index in [4.69, 9.17) is 11.6 Å². The number of halogens is 1. The van der Waals surface area contributed by atoms with Crippen LogP contribution in [0.1, 0.15) is 36.8 Å². The SMILES string of the molecule is CC(C)N(CCC(O)c1ccc(Cl)cc1)Cc1cccs1. The van der Waals surface area contributed by atoms with E-state index < -0.39 is 6.10 Å². The molecule has 0 fully saturated rings. The summed E-state index contributed by atoms with van der Waals surface area (Å²) in [7, 11) is 0. The van der Waals surface area contributed by atoms with Gasteiger partial charge in [-0.3, -0.25) is 4.90 Å². The standard InChI is InChI=1S/C17H22ClNOS/c1-13(2)19(12-16-4-3-11-21-16)10-9-17(20)14-5-7-15(18)8-6-14/h3-8,11,13,17,20H,9-10,12H2,1-2H3. The molecule has 2 nitrogen and oxygen atoms in total. The van der Waals surface area contributed by atoms with Crippen molar-refractivity contribution in [1.82, 2.24) is 4.90 Å². The van der Waals surface area contributed by atoms with E-state index in [-0.39, 0.29) is 0 Å². The van der Waals surface area contributed by atoms with E-state index in [1.54, 1.807) is 11.3 Å². The van der Waals surface area contributed by atoms with Gasteiger partial charge in [0.2, 0.25) is 0 Å². The van der Waals surface area contributed by atoms with E-state index in [2.05, 4.69) is 36.3 Å². The lowest BCUT2D eigenvalue weighted by Crippen LogP contribution is -2.31. The number of aliphatic hydroxyl groups excluding tert-OH is 1. The van der Waals surface area contributed by atoms with Gasteiger partial charge < -0.3 is 5.11 Å². The summed E-state index contributed by atoms with van der Waals surface area (Å²) in [6, 6.07) is 12.1. The topological polar surface area (TPSA) is 23.5 Å². The van der Waals surface area contributed by atoms with Crippen LogP contribution in [0.2, 0.25) is 5.02 Å². The highest BCUT2D eigenvalue weighted by atomic mass is 35.5. The molecule has 0 amide bonds. The lowest BCUT2D eigenvalue weighted by Gasteiger charge is -2.27. The first-order valence-electron chi connectivity index (χ1n) is 7.26. The predicted molar refractivity (Wildman–Crippen MR) is 90.9 cm³/mol. The van der Waals surface area contributed by atoms with Crippen LogP contribution in [0.25, 0.3) is 0 Å². The molecule has 1 unspecified atom stereocenters. The maximum absolute atomic E-state index is 10.3. The van der Waals surface area contributed by atoms with Crippen molar-refractivity contribution in [1.29, 1.82) is 0 Å². The zero-order chi connectivity index (χ0) is 15.2. The molecule has 1 N–H and O–H groups in total. The maximum atomic E-state index is 10.3. The predicted octanol–water partition coefficient (Wildman–Crippen LogP) is 4.74. The third-order valence-electron chi connectivity index (χ3n) is 3.61. The van der Waals surface area contributed by atoms with E-state index in [0.29, 0.717) is 11.1 Å². The molecular formula is C17H22ClNOS. The average molecular weight is 324 g/mol. The number of hydrogen-bond acceptors (Lipinski definition) is 3. The summed E-state index contributed by atoms with van der Waals surface area (Å²) in [6.07, 6.45) is 0.289. The van der Waals surface area contributed by atoms with E-state index >= 15 is 0 Å². The Morgan fingerprint density at radius 1 is 1.19 bits per heavy atom. The molecule has 0 bridgehead atoms. The van der Waals surface area contributed by atoms with E-state index in [0.717, 1.165) is 25.1 Å². The van der Waals surface area contributed by atoms with Crippen LogP contribution < -0.4 is 0 Å². The molecule has 21 heavy (non-hydrogen) atoms. The molecule has 4 heteroatoms. The van der Waals surface area contributed by atoms with Crippen LogP contribution in [0, 0.1) is 0 Å². The van der Waals surface area contributed by atoms with Gasteiger partial charge in [-0.1, -0.05) is 29.8 Å². The van der Waals surface area contributed by atoms with Crippen LogP contribution in [0.15, 0.2) is 41.8 Å². The van der Waals surface area contributed by atoms with Crippen molar-refractivity contribution >= 4 is 22.9 Å². The third-order valence-corrected chi connectivity index (χ3v) is 4.73. The van der Waals surface area contributed by atoms with Gasteiger partial charge in [-0.05, 0) is 49.4 Å². The second-order valence-electron chi connectivity index (χ2n) is 5.50. The van der Waals surface area contributed by atoms with Gasteiger partial charge in [0, 0.05) is 29.0 Å². The van der Waals surface area contributed by atoms with Crippen molar-refractivity contribution in [2.75, 3.05) is 6.54 Å². The van der Waals surface area contributed by atoms with Crippen LogP contribution >= 0.6 is 22.9 Å². The van der Waals surface area contributed by atoms with Gasteiger partial charge in [0.15, 0.2) is 0 Å². The van der Waals surface area contributed by atoms with E-state index in [1.807, 2.05) is 24.3 Å². The highest BCUT2D eigenvalue weighted by molar-refractivity contribution is 7.09. The van der Waals surface area contributed by atoms with Crippen molar-refractivity contribution in [3.63, 3.8) is 0 Å². The fourth-order valence-corrected chi connectivity index (χ4v) is 3.12. The molecule has 1 heterocycles. The minimum absolute atomic E-state index is 0.438. The number of rotatable bonds is 7. The third kappa shape index (κ3) is 5.11. The van der Waals surface area contributed by atoms with Gasteiger partial charge in [0.1, 0.15) is 0 Å². The molecule has 0 aliphatic heterocycles. The highest BCUT2D eigenvalue weighted by Crippen LogP contribution is 2.21. The average Bonchev–Trinajstić information content (AvgIpc) is 2.96. The molecule has 0 saturated heterocycles. The zero-order valence-corrected chi connectivity index (χ0v) is 14.1. The summed E-state index contributed by atoms with van der Waals surface area (Å²) < 4.78 is 0. The smallest absolute Gasteiger partial charge is 0.0802 e. The molecule has 114 valence electrons. The molecule has 2 rings (SSSR count). The number of aliphatic hydroxyl groups is 1. The Labute approximate surface area is 136 Å². The fourth-order valence-electron chi connectivity index (χ4n) is 2.26.